The molecule has 0 unspecified atom stereocenters. The second-order valence-corrected chi connectivity index (χ2v) is 5.99. The monoisotopic (exact) mass is 378 g/mol. The predicted octanol–water partition coefficient (Wildman–Crippen LogP) is 0.0574. The molecule has 0 radical (unpaired) electrons. The first-order chi connectivity index (χ1) is 12.9. The van der Waals surface area contributed by atoms with E-state index in [2.05, 4.69) is 10.6 Å². The van der Waals surface area contributed by atoms with Crippen molar-refractivity contribution in [3.63, 3.8) is 0 Å². The summed E-state index contributed by atoms with van der Waals surface area (Å²) < 4.78 is 32.9. The molecule has 26 heavy (non-hydrogen) atoms. The first-order valence-corrected chi connectivity index (χ1v) is 9.79. The third-order valence-electron chi connectivity index (χ3n) is 3.85. The second-order valence-electron chi connectivity index (χ2n) is 5.99. The molecular formula is C18H38N2O6. The van der Waals surface area contributed by atoms with Crippen molar-refractivity contribution in [3.8, 4) is 0 Å². The van der Waals surface area contributed by atoms with Gasteiger partial charge in [0, 0.05) is 6.54 Å². The van der Waals surface area contributed by atoms with E-state index < -0.39 is 0 Å². The van der Waals surface area contributed by atoms with Crippen LogP contribution in [0.5, 0.6) is 0 Å². The maximum Gasteiger partial charge on any atom is 0.0704 e. The largest absolute Gasteiger partial charge is 0.378 e. The van der Waals surface area contributed by atoms with Gasteiger partial charge in [0.05, 0.1) is 78.8 Å². The van der Waals surface area contributed by atoms with Gasteiger partial charge in [0.15, 0.2) is 0 Å². The topological polar surface area (TPSA) is 79.4 Å². The Kier molecular flexibility index (Phi) is 17.7. The van der Waals surface area contributed by atoms with Crippen molar-refractivity contribution in [1.82, 2.24) is 10.6 Å². The molecule has 0 spiro atoms. The van der Waals surface area contributed by atoms with Crippen molar-refractivity contribution < 1.29 is 28.4 Å². The highest BCUT2D eigenvalue weighted by Crippen LogP contribution is 2.06. The molecule has 156 valence electrons. The maximum absolute atomic E-state index is 5.76. The molecule has 0 atom stereocenters. The molecule has 2 N–H and O–H groups in total. The lowest BCUT2D eigenvalue weighted by Crippen LogP contribution is -2.33. The van der Waals surface area contributed by atoms with Crippen LogP contribution in [-0.4, -0.2) is 105 Å². The van der Waals surface area contributed by atoms with Gasteiger partial charge in [-0.15, -0.1) is 0 Å². The minimum Gasteiger partial charge on any atom is -0.378 e. The minimum atomic E-state index is 0.392. The van der Waals surface area contributed by atoms with Gasteiger partial charge < -0.3 is 39.1 Å². The van der Waals surface area contributed by atoms with Crippen molar-refractivity contribution in [3.05, 3.63) is 0 Å². The van der Waals surface area contributed by atoms with Gasteiger partial charge in [-0.1, -0.05) is 0 Å². The van der Waals surface area contributed by atoms with Crippen LogP contribution in [0.15, 0.2) is 0 Å². The van der Waals surface area contributed by atoms with Gasteiger partial charge in [0.1, 0.15) is 0 Å². The van der Waals surface area contributed by atoms with Gasteiger partial charge in [-0.25, -0.2) is 0 Å². The predicted molar refractivity (Wildman–Crippen MR) is 99.9 cm³/mol. The molecule has 0 bridgehead atoms. The molecule has 0 aliphatic carbocycles. The summed E-state index contributed by atoms with van der Waals surface area (Å²) >= 11 is 0. The van der Waals surface area contributed by atoms with Gasteiger partial charge in [-0.3, -0.25) is 0 Å². The average Bonchev–Trinajstić information content (AvgIpc) is 2.68. The van der Waals surface area contributed by atoms with E-state index in [0.717, 1.165) is 32.5 Å². The molecule has 0 aromatic heterocycles. The fourth-order valence-corrected chi connectivity index (χ4v) is 2.39. The van der Waals surface area contributed by atoms with Crippen molar-refractivity contribution in [2.75, 3.05) is 99.4 Å². The van der Waals surface area contributed by atoms with E-state index in [1.54, 1.807) is 0 Å². The summed E-state index contributed by atoms with van der Waals surface area (Å²) in [5.41, 5.74) is 0. The molecule has 1 saturated heterocycles. The molecule has 0 amide bonds. The summed E-state index contributed by atoms with van der Waals surface area (Å²) in [4.78, 5) is 0. The Morgan fingerprint density at radius 2 is 1.08 bits per heavy atom. The summed E-state index contributed by atoms with van der Waals surface area (Å²) in [6, 6.07) is 0. The summed E-state index contributed by atoms with van der Waals surface area (Å²) in [6.07, 6.45) is 2.58. The third-order valence-corrected chi connectivity index (χ3v) is 3.85. The summed E-state index contributed by atoms with van der Waals surface area (Å²) in [6.45, 7) is 9.65. The van der Waals surface area contributed by atoms with Crippen LogP contribution in [0.4, 0.5) is 0 Å². The number of hydrogen-bond acceptors (Lipinski definition) is 8. The van der Waals surface area contributed by atoms with Crippen LogP contribution in [-0.2, 0) is 28.4 Å². The van der Waals surface area contributed by atoms with Crippen LogP contribution in [0.3, 0.4) is 0 Å². The van der Waals surface area contributed by atoms with Crippen LogP contribution in [0.1, 0.15) is 12.8 Å². The van der Waals surface area contributed by atoms with Gasteiger partial charge in [0.2, 0.25) is 0 Å². The number of nitrogens with one attached hydrogen (secondary N) is 2. The fraction of sp³-hybridized carbons (Fsp3) is 1.00. The molecule has 1 aliphatic rings. The van der Waals surface area contributed by atoms with Crippen LogP contribution < -0.4 is 10.6 Å². The number of hydrogen-bond donors (Lipinski definition) is 2. The van der Waals surface area contributed by atoms with Crippen LogP contribution in [0, 0.1) is 0 Å². The summed E-state index contributed by atoms with van der Waals surface area (Å²) in [5, 5.41) is 6.34. The Balaban J connectivity index is 1.65. The lowest BCUT2D eigenvalue weighted by molar-refractivity contribution is -0.0295. The molecule has 0 aromatic carbocycles. The highest BCUT2D eigenvalue weighted by molar-refractivity contribution is 4.67. The van der Waals surface area contributed by atoms with Crippen molar-refractivity contribution in [2.45, 2.75) is 18.9 Å². The van der Waals surface area contributed by atoms with E-state index in [0.29, 0.717) is 78.8 Å². The van der Waals surface area contributed by atoms with Crippen LogP contribution >= 0.6 is 0 Å². The highest BCUT2D eigenvalue weighted by atomic mass is 16.6. The zero-order valence-corrected chi connectivity index (χ0v) is 16.3. The Bertz CT molecular complexity index is 280. The third kappa shape index (κ3) is 15.9. The molecular weight excluding hydrogens is 340 g/mol. The van der Waals surface area contributed by atoms with Gasteiger partial charge in [-0.05, 0) is 33.0 Å². The SMILES string of the molecule is CNCCOCCOCCOCCOCCOCCOC1CCNCC1. The van der Waals surface area contributed by atoms with E-state index in [4.69, 9.17) is 28.4 Å². The quantitative estimate of drug-likeness (QED) is 0.306. The Hall–Kier alpha value is -0.320. The second kappa shape index (κ2) is 19.4. The first kappa shape index (κ1) is 23.7. The Morgan fingerprint density at radius 3 is 1.54 bits per heavy atom. The van der Waals surface area contributed by atoms with Crippen LogP contribution in [0.25, 0.3) is 0 Å². The molecule has 1 fully saturated rings. The number of likely N-dealkylation sites (N-methyl/N-ethyl adjacent to an activating group) is 1. The van der Waals surface area contributed by atoms with E-state index in [1.807, 2.05) is 7.05 Å². The summed E-state index contributed by atoms with van der Waals surface area (Å²) in [5.74, 6) is 0. The Labute approximate surface area is 158 Å². The van der Waals surface area contributed by atoms with Crippen molar-refractivity contribution in [2.24, 2.45) is 0 Å². The van der Waals surface area contributed by atoms with Gasteiger partial charge in [-0.2, -0.15) is 0 Å². The smallest absolute Gasteiger partial charge is 0.0704 e. The lowest BCUT2D eigenvalue weighted by atomic mass is 10.1. The first-order valence-electron chi connectivity index (χ1n) is 9.79. The van der Waals surface area contributed by atoms with Crippen LogP contribution in [0.2, 0.25) is 0 Å². The van der Waals surface area contributed by atoms with Gasteiger partial charge >= 0.3 is 0 Å². The van der Waals surface area contributed by atoms with E-state index in [9.17, 15) is 0 Å². The zero-order chi connectivity index (χ0) is 18.5. The fourth-order valence-electron chi connectivity index (χ4n) is 2.39. The molecule has 1 aliphatic heterocycles. The van der Waals surface area contributed by atoms with Gasteiger partial charge in [0.25, 0.3) is 0 Å². The molecule has 8 heteroatoms. The number of ether oxygens (including phenoxy) is 6. The van der Waals surface area contributed by atoms with E-state index in [-0.39, 0.29) is 0 Å². The maximum atomic E-state index is 5.76. The molecule has 0 aromatic rings. The van der Waals surface area contributed by atoms with Crippen molar-refractivity contribution in [1.29, 1.82) is 0 Å². The van der Waals surface area contributed by atoms with E-state index in [1.165, 1.54) is 0 Å². The minimum absolute atomic E-state index is 0.392. The molecule has 1 rings (SSSR count). The van der Waals surface area contributed by atoms with Crippen molar-refractivity contribution >= 4 is 0 Å². The molecule has 8 nitrogen and oxygen atoms in total. The number of piperidine rings is 1. The summed E-state index contributed by atoms with van der Waals surface area (Å²) in [7, 11) is 1.90. The average molecular weight is 379 g/mol. The number of rotatable bonds is 19. The normalized spacial score (nSPS) is 15.6. The lowest BCUT2D eigenvalue weighted by Gasteiger charge is -2.22. The highest BCUT2D eigenvalue weighted by Gasteiger charge is 2.12. The van der Waals surface area contributed by atoms with E-state index >= 15 is 0 Å². The molecule has 0 saturated carbocycles. The molecule has 1 heterocycles. The standard InChI is InChI=1S/C18H38N2O6/c1-19-6-7-21-8-9-22-10-11-23-12-13-24-14-15-25-16-17-26-18-2-4-20-5-3-18/h18-20H,2-17H2,1H3. The Morgan fingerprint density at radius 1 is 0.654 bits per heavy atom. The zero-order valence-electron chi connectivity index (χ0n) is 16.3.